The van der Waals surface area contributed by atoms with Crippen molar-refractivity contribution in [3.05, 3.63) is 59.2 Å². The molecule has 1 unspecified atom stereocenters. The Labute approximate surface area is 200 Å². The monoisotopic (exact) mass is 467 g/mol. The minimum Gasteiger partial charge on any atom is -0.493 e. The maximum atomic E-state index is 12.4. The van der Waals surface area contributed by atoms with Gasteiger partial charge in [-0.15, -0.1) is 5.10 Å². The number of hydrogen-bond donors (Lipinski definition) is 1. The fraction of sp³-hybridized carbons (Fsp3) is 0.423. The van der Waals surface area contributed by atoms with E-state index in [2.05, 4.69) is 53.6 Å². The van der Waals surface area contributed by atoms with Gasteiger partial charge in [-0.3, -0.25) is 4.79 Å². The highest BCUT2D eigenvalue weighted by molar-refractivity contribution is 8.15. The molecule has 0 radical (unpaired) electrons. The summed E-state index contributed by atoms with van der Waals surface area (Å²) in [5.74, 6) is 1.35. The number of unbranched alkanes of at least 4 members (excludes halogenated alkanes) is 2. The minimum absolute atomic E-state index is 0.0285. The first kappa shape index (κ1) is 24.8. The SMILES string of the molecule is CCCCOc1ccc(C=N/N=C2\NC(=O)C(Cc3ccc(CCCC)cc3)S2)cc1OC. The number of amides is 1. The number of carbonyl (C=O) groups excluding carboxylic acids is 1. The van der Waals surface area contributed by atoms with E-state index in [1.807, 2.05) is 18.2 Å². The van der Waals surface area contributed by atoms with Crippen LogP contribution in [-0.4, -0.2) is 36.3 Å². The molecule has 1 fully saturated rings. The van der Waals surface area contributed by atoms with Crippen molar-refractivity contribution in [2.75, 3.05) is 13.7 Å². The molecule has 2 aromatic carbocycles. The summed E-state index contributed by atoms with van der Waals surface area (Å²) in [6.07, 6.45) is 7.88. The highest BCUT2D eigenvalue weighted by atomic mass is 32.2. The van der Waals surface area contributed by atoms with Gasteiger partial charge in [0.05, 0.1) is 25.2 Å². The van der Waals surface area contributed by atoms with E-state index < -0.39 is 0 Å². The van der Waals surface area contributed by atoms with E-state index in [4.69, 9.17) is 9.47 Å². The molecule has 1 atom stereocenters. The first-order valence-corrected chi connectivity index (χ1v) is 12.5. The lowest BCUT2D eigenvalue weighted by atomic mass is 10.0. The van der Waals surface area contributed by atoms with E-state index in [9.17, 15) is 4.79 Å². The Morgan fingerprint density at radius 1 is 1.03 bits per heavy atom. The zero-order valence-corrected chi connectivity index (χ0v) is 20.5. The van der Waals surface area contributed by atoms with Gasteiger partial charge < -0.3 is 14.8 Å². The van der Waals surface area contributed by atoms with Crippen molar-refractivity contribution in [3.63, 3.8) is 0 Å². The van der Waals surface area contributed by atoms with Crippen molar-refractivity contribution in [3.8, 4) is 11.5 Å². The van der Waals surface area contributed by atoms with Crippen LogP contribution in [0.1, 0.15) is 56.2 Å². The molecule has 1 amide bonds. The zero-order valence-electron chi connectivity index (χ0n) is 19.7. The molecule has 0 aromatic heterocycles. The average Bonchev–Trinajstić information content (AvgIpc) is 3.18. The Bertz CT molecular complexity index is 973. The highest BCUT2D eigenvalue weighted by Gasteiger charge is 2.30. The Morgan fingerprint density at radius 2 is 1.79 bits per heavy atom. The number of nitrogens with one attached hydrogen (secondary N) is 1. The summed E-state index contributed by atoms with van der Waals surface area (Å²) in [7, 11) is 1.62. The molecule has 7 heteroatoms. The molecule has 176 valence electrons. The van der Waals surface area contributed by atoms with Gasteiger partial charge >= 0.3 is 0 Å². The lowest BCUT2D eigenvalue weighted by Crippen LogP contribution is -2.25. The summed E-state index contributed by atoms with van der Waals surface area (Å²) < 4.78 is 11.2. The molecule has 1 aliphatic heterocycles. The third-order valence-electron chi connectivity index (χ3n) is 5.34. The third-order valence-corrected chi connectivity index (χ3v) is 6.41. The fourth-order valence-electron chi connectivity index (χ4n) is 3.38. The molecular weight excluding hydrogens is 434 g/mol. The molecule has 0 spiro atoms. The molecule has 1 aliphatic rings. The van der Waals surface area contributed by atoms with E-state index in [1.54, 1.807) is 13.3 Å². The van der Waals surface area contributed by atoms with Gasteiger partial charge in [-0.25, -0.2) is 0 Å². The van der Waals surface area contributed by atoms with Crippen LogP contribution in [0.25, 0.3) is 0 Å². The Morgan fingerprint density at radius 3 is 2.52 bits per heavy atom. The number of hydrogen-bond acceptors (Lipinski definition) is 6. The minimum atomic E-state index is -0.194. The number of methoxy groups -OCH3 is 1. The topological polar surface area (TPSA) is 72.3 Å². The lowest BCUT2D eigenvalue weighted by molar-refractivity contribution is -0.118. The van der Waals surface area contributed by atoms with E-state index in [-0.39, 0.29) is 11.2 Å². The maximum absolute atomic E-state index is 12.4. The fourth-order valence-corrected chi connectivity index (χ4v) is 4.35. The molecule has 3 rings (SSSR count). The van der Waals surface area contributed by atoms with Crippen molar-refractivity contribution in [2.24, 2.45) is 10.2 Å². The summed E-state index contributed by atoms with van der Waals surface area (Å²) in [4.78, 5) is 12.4. The summed E-state index contributed by atoms with van der Waals surface area (Å²) >= 11 is 1.42. The van der Waals surface area contributed by atoms with E-state index in [0.717, 1.165) is 30.4 Å². The standard InChI is InChI=1S/C26H33N3O3S/c1-4-6-8-19-9-11-20(12-10-19)17-24-25(30)28-26(33-24)29-27-18-21-13-14-22(23(16-21)31-3)32-15-7-5-2/h9-14,16,18,24H,4-8,15,17H2,1-3H3,(H,28,29,30). The van der Waals surface area contributed by atoms with Crippen molar-refractivity contribution in [1.82, 2.24) is 5.32 Å². The van der Waals surface area contributed by atoms with Crippen molar-refractivity contribution in [2.45, 2.75) is 57.6 Å². The largest absolute Gasteiger partial charge is 0.493 e. The number of benzene rings is 2. The molecular formula is C26H33N3O3S. The van der Waals surface area contributed by atoms with Gasteiger partial charge in [0.25, 0.3) is 0 Å². The molecule has 33 heavy (non-hydrogen) atoms. The molecule has 1 N–H and O–H groups in total. The molecule has 1 heterocycles. The van der Waals surface area contributed by atoms with Crippen molar-refractivity contribution >= 4 is 29.1 Å². The first-order chi connectivity index (χ1) is 16.1. The van der Waals surface area contributed by atoms with Gasteiger partial charge in [-0.1, -0.05) is 62.7 Å². The normalized spacial score (nSPS) is 17.0. The molecule has 1 saturated heterocycles. The third kappa shape index (κ3) is 7.63. The smallest absolute Gasteiger partial charge is 0.239 e. The van der Waals surface area contributed by atoms with Gasteiger partial charge in [-0.05, 0) is 60.6 Å². The van der Waals surface area contributed by atoms with Crippen LogP contribution in [-0.2, 0) is 17.6 Å². The maximum Gasteiger partial charge on any atom is 0.239 e. The second-order valence-electron chi connectivity index (χ2n) is 7.98. The van der Waals surface area contributed by atoms with Crippen LogP contribution in [0.2, 0.25) is 0 Å². The summed E-state index contributed by atoms with van der Waals surface area (Å²) in [6.45, 7) is 4.99. The Hall–Kier alpha value is -2.80. The number of amidine groups is 1. The number of nitrogens with zero attached hydrogens (tertiary/aromatic N) is 2. The first-order valence-electron chi connectivity index (χ1n) is 11.6. The average molecular weight is 468 g/mol. The van der Waals surface area contributed by atoms with Crippen molar-refractivity contribution < 1.29 is 14.3 Å². The van der Waals surface area contributed by atoms with Crippen LogP contribution < -0.4 is 14.8 Å². The molecule has 6 nitrogen and oxygen atoms in total. The lowest BCUT2D eigenvalue weighted by Gasteiger charge is -2.10. The summed E-state index contributed by atoms with van der Waals surface area (Å²) in [6, 6.07) is 14.2. The summed E-state index contributed by atoms with van der Waals surface area (Å²) in [5, 5.41) is 11.5. The van der Waals surface area contributed by atoms with E-state index >= 15 is 0 Å². The van der Waals surface area contributed by atoms with Crippen LogP contribution in [0, 0.1) is 0 Å². The van der Waals surface area contributed by atoms with Gasteiger partial charge in [0.1, 0.15) is 0 Å². The molecule has 0 saturated carbocycles. The van der Waals surface area contributed by atoms with E-state index in [1.165, 1.54) is 30.2 Å². The highest BCUT2D eigenvalue weighted by Crippen LogP contribution is 2.28. The van der Waals surface area contributed by atoms with Crippen LogP contribution in [0.4, 0.5) is 0 Å². The predicted molar refractivity (Wildman–Crippen MR) is 137 cm³/mol. The molecule has 0 aliphatic carbocycles. The van der Waals surface area contributed by atoms with Gasteiger partial charge in [0.2, 0.25) is 5.91 Å². The summed E-state index contributed by atoms with van der Waals surface area (Å²) in [5.41, 5.74) is 3.34. The van der Waals surface area contributed by atoms with E-state index in [0.29, 0.717) is 29.7 Å². The van der Waals surface area contributed by atoms with Crippen LogP contribution in [0.3, 0.4) is 0 Å². The van der Waals surface area contributed by atoms with Crippen molar-refractivity contribution in [1.29, 1.82) is 0 Å². The second-order valence-corrected chi connectivity index (χ2v) is 9.17. The van der Waals surface area contributed by atoms with Gasteiger partial charge in [0, 0.05) is 0 Å². The number of thioether (sulfide) groups is 1. The van der Waals surface area contributed by atoms with Gasteiger partial charge in [-0.2, -0.15) is 5.10 Å². The van der Waals surface area contributed by atoms with Crippen LogP contribution >= 0.6 is 11.8 Å². The van der Waals surface area contributed by atoms with Crippen LogP contribution in [0.5, 0.6) is 11.5 Å². The van der Waals surface area contributed by atoms with Crippen LogP contribution in [0.15, 0.2) is 52.7 Å². The molecule has 2 aromatic rings. The Balaban J connectivity index is 1.56. The number of rotatable bonds is 12. The zero-order chi connectivity index (χ0) is 23.5. The quantitative estimate of drug-likeness (QED) is 0.258. The number of carbonyl (C=O) groups is 1. The predicted octanol–water partition coefficient (Wildman–Crippen LogP) is 5.38. The Kier molecular flexibility index (Phi) is 9.81. The second kappa shape index (κ2) is 13.0. The van der Waals surface area contributed by atoms with Gasteiger partial charge in [0.15, 0.2) is 16.7 Å². The number of aryl methyl sites for hydroxylation is 1. The molecule has 0 bridgehead atoms. The number of ether oxygens (including phenoxy) is 2.